The Balaban J connectivity index is 1.63. The van der Waals surface area contributed by atoms with Crippen LogP contribution in [0.15, 0.2) is 95.8 Å². The summed E-state index contributed by atoms with van der Waals surface area (Å²) < 4.78 is 32.6. The van der Waals surface area contributed by atoms with E-state index in [1.807, 2.05) is 19.1 Å². The molecule has 0 atom stereocenters. The van der Waals surface area contributed by atoms with Crippen LogP contribution >= 0.6 is 0 Å². The highest BCUT2D eigenvalue weighted by Gasteiger charge is 2.29. The Bertz CT molecular complexity index is 1570. The summed E-state index contributed by atoms with van der Waals surface area (Å²) in [5.41, 5.74) is 5.74. The van der Waals surface area contributed by atoms with Crippen molar-refractivity contribution in [3.63, 3.8) is 0 Å². The zero-order chi connectivity index (χ0) is 26.8. The van der Waals surface area contributed by atoms with E-state index in [4.69, 9.17) is 4.42 Å². The van der Waals surface area contributed by atoms with E-state index in [0.29, 0.717) is 40.0 Å². The average molecular weight is 511 g/mol. The Hall–Kier alpha value is -4.78. The molecule has 1 aliphatic heterocycles. The van der Waals surface area contributed by atoms with E-state index >= 15 is 0 Å². The molecule has 190 valence electrons. The summed E-state index contributed by atoms with van der Waals surface area (Å²) in [5, 5.41) is 2.69. The van der Waals surface area contributed by atoms with Crippen molar-refractivity contribution in [1.82, 2.24) is 5.32 Å². The molecular formula is C31H24F2N2O3. The molecule has 2 aliphatic rings. The van der Waals surface area contributed by atoms with Gasteiger partial charge in [0.1, 0.15) is 11.6 Å². The number of amides is 2. The number of fused-ring (bicyclic) bond motifs is 1. The van der Waals surface area contributed by atoms with Gasteiger partial charge in [0, 0.05) is 36.0 Å². The monoisotopic (exact) mass is 510 g/mol. The van der Waals surface area contributed by atoms with Gasteiger partial charge in [0.2, 0.25) is 0 Å². The van der Waals surface area contributed by atoms with Gasteiger partial charge < -0.3 is 14.6 Å². The van der Waals surface area contributed by atoms with Crippen molar-refractivity contribution in [3.05, 3.63) is 114 Å². The fraction of sp³-hybridized carbons (Fsp3) is 0.0968. The molecule has 1 N–H and O–H groups in total. The molecule has 3 aromatic carbocycles. The highest BCUT2D eigenvalue weighted by molar-refractivity contribution is 6.16. The van der Waals surface area contributed by atoms with E-state index in [1.54, 1.807) is 54.4 Å². The molecule has 1 heterocycles. The topological polar surface area (TPSA) is 62.6 Å². The van der Waals surface area contributed by atoms with Crippen LogP contribution in [-0.4, -0.2) is 25.4 Å². The summed E-state index contributed by atoms with van der Waals surface area (Å²) in [6, 6.07) is 20.7. The maximum atomic E-state index is 13.8. The Morgan fingerprint density at radius 2 is 1.37 bits per heavy atom. The Morgan fingerprint density at radius 3 is 1.97 bits per heavy atom. The normalized spacial score (nSPS) is 10.9. The van der Waals surface area contributed by atoms with Crippen molar-refractivity contribution in [1.29, 1.82) is 0 Å². The van der Waals surface area contributed by atoms with E-state index < -0.39 is 0 Å². The maximum Gasteiger partial charge on any atom is 0.258 e. The third-order valence-electron chi connectivity index (χ3n) is 6.54. The van der Waals surface area contributed by atoms with Gasteiger partial charge in [0.25, 0.3) is 11.8 Å². The molecule has 0 aromatic heterocycles. The molecule has 38 heavy (non-hydrogen) atoms. The molecule has 0 saturated heterocycles. The van der Waals surface area contributed by atoms with Gasteiger partial charge in [-0.1, -0.05) is 24.3 Å². The molecule has 0 saturated carbocycles. The van der Waals surface area contributed by atoms with Crippen molar-refractivity contribution in [2.24, 2.45) is 0 Å². The second kappa shape index (κ2) is 10.3. The molecule has 7 heteroatoms. The molecule has 1 aliphatic carbocycles. The first-order valence-corrected chi connectivity index (χ1v) is 12.1. The highest BCUT2D eigenvalue weighted by Crippen LogP contribution is 2.48. The molecule has 0 spiro atoms. The lowest BCUT2D eigenvalue weighted by molar-refractivity contribution is 0.0962. The lowest BCUT2D eigenvalue weighted by Crippen LogP contribution is -2.30. The van der Waals surface area contributed by atoms with Crippen LogP contribution in [0.5, 0.6) is 0 Å². The number of rotatable bonds is 6. The largest absolute Gasteiger partial charge is 0.472 e. The average Bonchev–Trinajstić information content (AvgIpc) is 3.29. The van der Waals surface area contributed by atoms with Crippen molar-refractivity contribution in [3.8, 4) is 33.4 Å². The van der Waals surface area contributed by atoms with Gasteiger partial charge in [-0.15, -0.1) is 0 Å². The highest BCUT2D eigenvalue weighted by atomic mass is 19.1. The molecule has 0 unspecified atom stereocenters. The lowest BCUT2D eigenvalue weighted by atomic mass is 9.94. The first-order valence-electron chi connectivity index (χ1n) is 12.1. The van der Waals surface area contributed by atoms with Gasteiger partial charge >= 0.3 is 0 Å². The van der Waals surface area contributed by atoms with Crippen LogP contribution in [0.25, 0.3) is 33.4 Å². The van der Waals surface area contributed by atoms with E-state index in [-0.39, 0.29) is 23.4 Å². The predicted molar refractivity (Wildman–Crippen MR) is 143 cm³/mol. The summed E-state index contributed by atoms with van der Waals surface area (Å²) in [7, 11) is 1.55. The summed E-state index contributed by atoms with van der Waals surface area (Å²) in [4.78, 5) is 27.9. The van der Waals surface area contributed by atoms with E-state index in [9.17, 15) is 18.4 Å². The number of halogens is 2. The summed E-state index contributed by atoms with van der Waals surface area (Å²) in [6.45, 7) is 2.26. The van der Waals surface area contributed by atoms with Crippen molar-refractivity contribution in [2.75, 3.05) is 18.5 Å². The quantitative estimate of drug-likeness (QED) is 0.267. The van der Waals surface area contributed by atoms with E-state index in [2.05, 4.69) is 5.32 Å². The van der Waals surface area contributed by atoms with Crippen molar-refractivity contribution >= 4 is 17.5 Å². The fourth-order valence-electron chi connectivity index (χ4n) is 4.74. The summed E-state index contributed by atoms with van der Waals surface area (Å²) in [5.74, 6) is -1.27. The third kappa shape index (κ3) is 4.43. The number of hydrogen-bond acceptors (Lipinski definition) is 3. The van der Waals surface area contributed by atoms with Crippen LogP contribution in [0.2, 0.25) is 0 Å². The predicted octanol–water partition coefficient (Wildman–Crippen LogP) is 7.02. The minimum Gasteiger partial charge on any atom is -0.472 e. The molecule has 5 rings (SSSR count). The Labute approximate surface area is 218 Å². The molecule has 0 fully saturated rings. The van der Waals surface area contributed by atoms with Gasteiger partial charge in [0.05, 0.1) is 18.1 Å². The number of anilines is 1. The zero-order valence-electron chi connectivity index (χ0n) is 20.8. The van der Waals surface area contributed by atoms with Crippen LogP contribution in [0.4, 0.5) is 14.5 Å². The Morgan fingerprint density at radius 1 is 0.789 bits per heavy atom. The molecule has 5 nitrogen and oxygen atoms in total. The number of carbonyl (C=O) groups excluding carboxylic acids is 2. The van der Waals surface area contributed by atoms with Crippen LogP contribution in [0.3, 0.4) is 0 Å². The van der Waals surface area contributed by atoms with E-state index in [0.717, 1.165) is 16.7 Å². The summed E-state index contributed by atoms with van der Waals surface area (Å²) >= 11 is 0. The van der Waals surface area contributed by atoms with Gasteiger partial charge in [-0.25, -0.2) is 8.78 Å². The number of nitrogens with one attached hydrogen (secondary N) is 1. The van der Waals surface area contributed by atoms with Crippen LogP contribution in [0.1, 0.15) is 27.6 Å². The molecule has 3 aromatic rings. The fourth-order valence-corrected chi connectivity index (χ4v) is 4.74. The number of benzene rings is 3. The van der Waals surface area contributed by atoms with Crippen molar-refractivity contribution < 1.29 is 22.8 Å². The smallest absolute Gasteiger partial charge is 0.258 e. The lowest BCUT2D eigenvalue weighted by Gasteiger charge is -2.21. The van der Waals surface area contributed by atoms with Crippen LogP contribution in [0, 0.1) is 11.6 Å². The molecular weight excluding hydrogens is 486 g/mol. The maximum absolute atomic E-state index is 13.8. The van der Waals surface area contributed by atoms with E-state index in [1.165, 1.54) is 36.8 Å². The molecule has 2 amide bonds. The third-order valence-corrected chi connectivity index (χ3v) is 6.54. The second-order valence-electron chi connectivity index (χ2n) is 8.70. The summed E-state index contributed by atoms with van der Waals surface area (Å²) in [6.07, 6.45) is 3.06. The number of nitrogens with zero attached hydrogens (tertiary/aromatic N) is 1. The SMILES string of the molecule is CCN(C(=O)c1ccc(-c2c3ccocc-3c(C(=O)NC)c2-c2ccc(F)cc2)cc1)c1ccc(F)cc1. The van der Waals surface area contributed by atoms with Crippen LogP contribution < -0.4 is 10.2 Å². The van der Waals surface area contributed by atoms with Gasteiger partial charge in [-0.3, -0.25) is 9.59 Å². The van der Waals surface area contributed by atoms with Gasteiger partial charge in [-0.2, -0.15) is 0 Å². The minimum absolute atomic E-state index is 0.221. The standard InChI is InChI=1S/C31H24F2N2O3/c1-3-35(24-14-12-23(33)13-15-24)31(37)21-6-4-19(5-7-21)27-25-16-17-38-18-26(25)29(30(36)34-2)28(27)20-8-10-22(32)11-9-20/h4-18H,3H2,1-2H3,(H,34,36). The minimum atomic E-state index is -0.382. The molecule has 0 bridgehead atoms. The van der Waals surface area contributed by atoms with Crippen molar-refractivity contribution in [2.45, 2.75) is 6.92 Å². The van der Waals surface area contributed by atoms with Crippen LogP contribution in [-0.2, 0) is 0 Å². The van der Waals surface area contributed by atoms with Gasteiger partial charge in [-0.05, 0) is 83.8 Å². The van der Waals surface area contributed by atoms with Gasteiger partial charge in [0.15, 0.2) is 0 Å². The Kier molecular flexibility index (Phi) is 6.75. The second-order valence-corrected chi connectivity index (χ2v) is 8.70. The first kappa shape index (κ1) is 24.9. The number of hydrogen-bond donors (Lipinski definition) is 1. The zero-order valence-corrected chi connectivity index (χ0v) is 20.8. The molecule has 0 radical (unpaired) electrons. The number of carbonyl (C=O) groups is 2. The first-order chi connectivity index (χ1) is 18.4.